The average molecular weight is 278 g/mol. The summed E-state index contributed by atoms with van der Waals surface area (Å²) in [5, 5.41) is 3.33. The average Bonchev–Trinajstić information content (AvgIpc) is 2.46. The molecule has 1 heterocycles. The maximum atomic E-state index is 14.5. The third-order valence-electron chi connectivity index (χ3n) is 3.71. The van der Waals surface area contributed by atoms with E-state index in [1.165, 1.54) is 7.11 Å². The molecule has 4 heteroatoms. The molecule has 0 radical (unpaired) electrons. The number of piperazine rings is 1. The highest BCUT2D eigenvalue weighted by Crippen LogP contribution is 2.32. The van der Waals surface area contributed by atoms with Gasteiger partial charge >= 0.3 is 0 Å². The van der Waals surface area contributed by atoms with E-state index in [2.05, 4.69) is 16.8 Å². The molecule has 1 aliphatic heterocycles. The maximum Gasteiger partial charge on any atom is 0.169 e. The Bertz CT molecular complexity index is 470. The van der Waals surface area contributed by atoms with Crippen LogP contribution in [-0.4, -0.2) is 38.2 Å². The Hall–Kier alpha value is -1.39. The summed E-state index contributed by atoms with van der Waals surface area (Å²) in [6.45, 7) is 9.72. The van der Waals surface area contributed by atoms with Crippen molar-refractivity contribution in [2.24, 2.45) is 0 Å². The van der Waals surface area contributed by atoms with Crippen LogP contribution in [0.15, 0.2) is 30.4 Å². The van der Waals surface area contributed by atoms with Crippen LogP contribution in [0.5, 0.6) is 5.75 Å². The Labute approximate surface area is 120 Å². The molecule has 0 amide bonds. The molecule has 1 aromatic rings. The largest absolute Gasteiger partial charge is 0.494 e. The summed E-state index contributed by atoms with van der Waals surface area (Å²) in [6.07, 6.45) is 0.768. The third-order valence-corrected chi connectivity index (χ3v) is 3.71. The number of halogens is 1. The van der Waals surface area contributed by atoms with Crippen LogP contribution < -0.4 is 10.1 Å². The van der Waals surface area contributed by atoms with E-state index < -0.39 is 0 Å². The minimum absolute atomic E-state index is 0.0321. The topological polar surface area (TPSA) is 24.5 Å². The van der Waals surface area contributed by atoms with Gasteiger partial charge in [0.15, 0.2) is 11.6 Å². The predicted octanol–water partition coefficient (Wildman–Crippen LogP) is 2.75. The molecule has 2 rings (SSSR count). The van der Waals surface area contributed by atoms with E-state index in [4.69, 9.17) is 4.74 Å². The summed E-state index contributed by atoms with van der Waals surface area (Å²) >= 11 is 0. The quantitative estimate of drug-likeness (QED) is 0.838. The van der Waals surface area contributed by atoms with Crippen molar-refractivity contribution in [1.29, 1.82) is 0 Å². The summed E-state index contributed by atoms with van der Waals surface area (Å²) in [5.74, 6) is 0.0594. The van der Waals surface area contributed by atoms with Gasteiger partial charge in [-0.15, -0.1) is 6.58 Å². The number of hydrogen-bond acceptors (Lipinski definition) is 3. The zero-order valence-corrected chi connectivity index (χ0v) is 12.3. The fraction of sp³-hybridized carbons (Fsp3) is 0.500. The molecule has 20 heavy (non-hydrogen) atoms. The van der Waals surface area contributed by atoms with Crippen molar-refractivity contribution >= 4 is 0 Å². The Morgan fingerprint density at radius 3 is 2.75 bits per heavy atom. The van der Waals surface area contributed by atoms with Crippen molar-refractivity contribution in [3.8, 4) is 5.75 Å². The molecule has 0 aromatic heterocycles. The van der Waals surface area contributed by atoms with E-state index in [1.807, 2.05) is 19.1 Å². The summed E-state index contributed by atoms with van der Waals surface area (Å²) in [5.41, 5.74) is 1.77. The van der Waals surface area contributed by atoms with Crippen LogP contribution in [0.1, 0.15) is 24.9 Å². The van der Waals surface area contributed by atoms with Gasteiger partial charge < -0.3 is 10.1 Å². The van der Waals surface area contributed by atoms with Crippen LogP contribution in [0.25, 0.3) is 0 Å². The molecular formula is C16H23FN2O. The first kappa shape index (κ1) is 15.0. The Morgan fingerprint density at radius 1 is 1.45 bits per heavy atom. The number of nitrogens with one attached hydrogen (secondary N) is 1. The zero-order chi connectivity index (χ0) is 14.5. The van der Waals surface area contributed by atoms with Crippen LogP contribution in [0.4, 0.5) is 4.39 Å². The van der Waals surface area contributed by atoms with Gasteiger partial charge in [0.25, 0.3) is 0 Å². The lowest BCUT2D eigenvalue weighted by Crippen LogP contribution is -2.45. The normalized spacial score (nSPS) is 17.8. The van der Waals surface area contributed by atoms with Crippen LogP contribution in [-0.2, 0) is 0 Å². The van der Waals surface area contributed by atoms with Crippen molar-refractivity contribution in [3.63, 3.8) is 0 Å². The first-order chi connectivity index (χ1) is 9.63. The summed E-state index contributed by atoms with van der Waals surface area (Å²) < 4.78 is 19.6. The number of benzene rings is 1. The highest BCUT2D eigenvalue weighted by Gasteiger charge is 2.25. The SMILES string of the molecule is C=C(C)C[C@H](c1cccc(OC)c1F)N1CCNCC1. The molecule has 1 atom stereocenters. The molecule has 0 saturated carbocycles. The van der Waals surface area contributed by atoms with Gasteiger partial charge in [0, 0.05) is 37.8 Å². The maximum absolute atomic E-state index is 14.5. The lowest BCUT2D eigenvalue weighted by molar-refractivity contribution is 0.168. The molecule has 0 aliphatic carbocycles. The molecule has 3 nitrogen and oxygen atoms in total. The van der Waals surface area contributed by atoms with E-state index >= 15 is 0 Å². The third kappa shape index (κ3) is 3.38. The summed E-state index contributed by atoms with van der Waals surface area (Å²) in [6, 6.07) is 5.40. The first-order valence-electron chi connectivity index (χ1n) is 7.05. The minimum atomic E-state index is -0.250. The molecule has 1 N–H and O–H groups in total. The van der Waals surface area contributed by atoms with Crippen LogP contribution in [0.3, 0.4) is 0 Å². The van der Waals surface area contributed by atoms with Crippen molar-refractivity contribution < 1.29 is 9.13 Å². The van der Waals surface area contributed by atoms with Gasteiger partial charge in [-0.25, -0.2) is 4.39 Å². The van der Waals surface area contributed by atoms with Gasteiger partial charge in [-0.2, -0.15) is 0 Å². The van der Waals surface area contributed by atoms with E-state index in [0.717, 1.165) is 38.2 Å². The van der Waals surface area contributed by atoms with E-state index in [1.54, 1.807) is 6.07 Å². The second-order valence-corrected chi connectivity index (χ2v) is 5.33. The lowest BCUT2D eigenvalue weighted by Gasteiger charge is -2.35. The number of rotatable bonds is 5. The van der Waals surface area contributed by atoms with Gasteiger partial charge in [-0.05, 0) is 19.4 Å². The van der Waals surface area contributed by atoms with Crippen LogP contribution in [0, 0.1) is 5.82 Å². The smallest absolute Gasteiger partial charge is 0.169 e. The van der Waals surface area contributed by atoms with Gasteiger partial charge in [0.05, 0.1) is 7.11 Å². The van der Waals surface area contributed by atoms with Crippen molar-refractivity contribution in [2.75, 3.05) is 33.3 Å². The number of methoxy groups -OCH3 is 1. The van der Waals surface area contributed by atoms with Crippen LogP contribution in [0.2, 0.25) is 0 Å². The van der Waals surface area contributed by atoms with Gasteiger partial charge in [-0.3, -0.25) is 4.90 Å². The van der Waals surface area contributed by atoms with E-state index in [0.29, 0.717) is 11.3 Å². The zero-order valence-electron chi connectivity index (χ0n) is 12.3. The summed E-state index contributed by atoms with van der Waals surface area (Å²) in [7, 11) is 1.50. The fourth-order valence-electron chi connectivity index (χ4n) is 2.70. The van der Waals surface area contributed by atoms with Crippen molar-refractivity contribution in [2.45, 2.75) is 19.4 Å². The second-order valence-electron chi connectivity index (χ2n) is 5.33. The highest BCUT2D eigenvalue weighted by atomic mass is 19.1. The molecule has 0 bridgehead atoms. The molecular weight excluding hydrogens is 255 g/mol. The molecule has 1 saturated heterocycles. The lowest BCUT2D eigenvalue weighted by atomic mass is 9.97. The summed E-state index contributed by atoms with van der Waals surface area (Å²) in [4.78, 5) is 2.32. The number of hydrogen-bond donors (Lipinski definition) is 1. The number of ether oxygens (including phenoxy) is 1. The second kappa shape index (κ2) is 6.86. The Kier molecular flexibility index (Phi) is 5.15. The highest BCUT2D eigenvalue weighted by molar-refractivity contribution is 5.33. The fourth-order valence-corrected chi connectivity index (χ4v) is 2.70. The molecule has 1 aliphatic rings. The molecule has 1 aromatic carbocycles. The standard InChI is InChI=1S/C16H23FN2O/c1-12(2)11-14(19-9-7-18-8-10-19)13-5-4-6-15(20-3)16(13)17/h4-6,14,18H,1,7-11H2,2-3H3/t14-/m1/s1. The van der Waals surface area contributed by atoms with E-state index in [-0.39, 0.29) is 11.9 Å². The van der Waals surface area contributed by atoms with Gasteiger partial charge in [-0.1, -0.05) is 17.7 Å². The van der Waals surface area contributed by atoms with Crippen molar-refractivity contribution in [3.05, 3.63) is 41.7 Å². The Morgan fingerprint density at radius 2 is 2.15 bits per heavy atom. The first-order valence-corrected chi connectivity index (χ1v) is 7.05. The van der Waals surface area contributed by atoms with Crippen LogP contribution >= 0.6 is 0 Å². The monoisotopic (exact) mass is 278 g/mol. The molecule has 0 unspecified atom stereocenters. The van der Waals surface area contributed by atoms with E-state index in [9.17, 15) is 4.39 Å². The Balaban J connectivity index is 2.32. The molecule has 110 valence electrons. The predicted molar refractivity (Wildman–Crippen MR) is 79.6 cm³/mol. The minimum Gasteiger partial charge on any atom is -0.494 e. The van der Waals surface area contributed by atoms with Gasteiger partial charge in [0.2, 0.25) is 0 Å². The molecule has 0 spiro atoms. The van der Waals surface area contributed by atoms with Gasteiger partial charge in [0.1, 0.15) is 0 Å². The number of nitrogens with zero attached hydrogens (tertiary/aromatic N) is 1. The van der Waals surface area contributed by atoms with Crippen molar-refractivity contribution in [1.82, 2.24) is 10.2 Å². The molecule has 1 fully saturated rings.